The van der Waals surface area contributed by atoms with Crippen LogP contribution in [-0.2, 0) is 6.18 Å². The van der Waals surface area contributed by atoms with Gasteiger partial charge >= 0.3 is 6.18 Å². The summed E-state index contributed by atoms with van der Waals surface area (Å²) >= 11 is 0. The Hall–Kier alpha value is -5.80. The molecule has 0 aliphatic heterocycles. The summed E-state index contributed by atoms with van der Waals surface area (Å²) in [5, 5.41) is 15.1. The quantitative estimate of drug-likeness (QED) is 0.191. The van der Waals surface area contributed by atoms with Crippen molar-refractivity contribution < 1.29 is 13.2 Å². The number of nitriles is 1. The van der Waals surface area contributed by atoms with Crippen molar-refractivity contribution in [2.75, 3.05) is 0 Å². The highest BCUT2D eigenvalue weighted by Crippen LogP contribution is 2.45. The minimum Gasteiger partial charge on any atom is -0.307 e. The summed E-state index contributed by atoms with van der Waals surface area (Å²) in [6.45, 7) is 8.22. The lowest BCUT2D eigenvalue weighted by Gasteiger charge is -2.22. The zero-order valence-corrected chi connectivity index (χ0v) is 26.9. The SMILES string of the molecule is Cc1cccc2c3cccc(C)c3n(-c3cc(-c4ccccc4C(F)(F)F)cc(C#N)c3-n3c4c(C)cccc4c4cccc(C)c43)c12. The lowest BCUT2D eigenvalue weighted by Crippen LogP contribution is -2.10. The number of halogens is 3. The van der Waals surface area contributed by atoms with Gasteiger partial charge < -0.3 is 9.13 Å². The Kier molecular flexibility index (Phi) is 6.54. The molecule has 0 atom stereocenters. The van der Waals surface area contributed by atoms with Gasteiger partial charge in [-0.1, -0.05) is 91.0 Å². The van der Waals surface area contributed by atoms with Crippen molar-refractivity contribution in [1.29, 1.82) is 5.26 Å². The molecule has 0 aliphatic carbocycles. The van der Waals surface area contributed by atoms with E-state index in [2.05, 4.69) is 91.4 Å². The minimum atomic E-state index is -4.58. The Morgan fingerprint density at radius 1 is 0.542 bits per heavy atom. The maximum absolute atomic E-state index is 14.5. The Morgan fingerprint density at radius 2 is 0.979 bits per heavy atom. The van der Waals surface area contributed by atoms with Gasteiger partial charge in [0, 0.05) is 21.5 Å². The Morgan fingerprint density at radius 3 is 1.42 bits per heavy atom. The summed E-state index contributed by atoms with van der Waals surface area (Å²) in [5.74, 6) is 0. The molecular formula is C42H30F3N3. The molecule has 0 unspecified atom stereocenters. The van der Waals surface area contributed by atoms with Gasteiger partial charge in [0.2, 0.25) is 0 Å². The molecule has 0 radical (unpaired) electrons. The molecule has 0 saturated carbocycles. The molecule has 6 heteroatoms. The number of rotatable bonds is 3. The number of alkyl halides is 3. The van der Waals surface area contributed by atoms with Gasteiger partial charge in [-0.3, -0.25) is 0 Å². The van der Waals surface area contributed by atoms with Crippen LogP contribution in [0, 0.1) is 39.0 Å². The van der Waals surface area contributed by atoms with E-state index in [4.69, 9.17) is 0 Å². The van der Waals surface area contributed by atoms with Crippen molar-refractivity contribution in [2.24, 2.45) is 0 Å². The summed E-state index contributed by atoms with van der Waals surface area (Å²) in [4.78, 5) is 0. The zero-order chi connectivity index (χ0) is 33.5. The summed E-state index contributed by atoms with van der Waals surface area (Å²) in [5.41, 5.74) is 9.04. The van der Waals surface area contributed by atoms with E-state index in [1.807, 2.05) is 30.3 Å². The average molecular weight is 634 g/mol. The fourth-order valence-corrected chi connectivity index (χ4v) is 7.63. The predicted octanol–water partition coefficient (Wildman–Crippen LogP) is 11.7. The molecule has 0 N–H and O–H groups in total. The third kappa shape index (κ3) is 4.21. The van der Waals surface area contributed by atoms with Gasteiger partial charge in [-0.15, -0.1) is 0 Å². The second kappa shape index (κ2) is 10.6. The molecule has 48 heavy (non-hydrogen) atoms. The summed E-state index contributed by atoms with van der Waals surface area (Å²) < 4.78 is 47.8. The lowest BCUT2D eigenvalue weighted by atomic mass is 9.95. The molecule has 0 bridgehead atoms. The van der Waals surface area contributed by atoms with Crippen LogP contribution in [0.25, 0.3) is 66.1 Å². The molecule has 2 heterocycles. The predicted molar refractivity (Wildman–Crippen MR) is 189 cm³/mol. The second-order valence-corrected chi connectivity index (χ2v) is 12.6. The Bertz CT molecular complexity index is 2540. The van der Waals surface area contributed by atoms with E-state index >= 15 is 0 Å². The molecule has 6 aromatic carbocycles. The third-order valence-electron chi connectivity index (χ3n) is 9.64. The number of aromatic nitrogens is 2. The topological polar surface area (TPSA) is 33.6 Å². The van der Waals surface area contributed by atoms with E-state index in [1.54, 1.807) is 12.1 Å². The number of hydrogen-bond donors (Lipinski definition) is 0. The lowest BCUT2D eigenvalue weighted by molar-refractivity contribution is -0.137. The fourth-order valence-electron chi connectivity index (χ4n) is 7.63. The first-order valence-corrected chi connectivity index (χ1v) is 15.8. The smallest absolute Gasteiger partial charge is 0.307 e. The van der Waals surface area contributed by atoms with Gasteiger partial charge in [0.1, 0.15) is 6.07 Å². The molecule has 0 amide bonds. The van der Waals surface area contributed by atoms with Crippen molar-refractivity contribution in [1.82, 2.24) is 9.13 Å². The largest absolute Gasteiger partial charge is 0.417 e. The van der Waals surface area contributed by atoms with Crippen molar-refractivity contribution in [3.63, 3.8) is 0 Å². The molecule has 0 aliphatic rings. The van der Waals surface area contributed by atoms with E-state index in [9.17, 15) is 18.4 Å². The van der Waals surface area contributed by atoms with E-state index in [-0.39, 0.29) is 11.1 Å². The standard InChI is InChI=1S/C42H30F3N3/c1-24-11-7-16-31-32-17-8-12-25(2)38(32)47(37(24)31)36-22-28(30-15-5-6-20-35(30)42(43,44)45)21-29(23-46)41(36)48-39-26(3)13-9-18-33(39)34-19-10-14-27(4)40(34)48/h5-22H,1-4H3. The van der Waals surface area contributed by atoms with E-state index in [1.165, 1.54) is 12.1 Å². The maximum atomic E-state index is 14.5. The molecule has 8 aromatic rings. The maximum Gasteiger partial charge on any atom is 0.417 e. The summed E-state index contributed by atoms with van der Waals surface area (Å²) in [7, 11) is 0. The highest BCUT2D eigenvalue weighted by molar-refractivity contribution is 6.14. The monoisotopic (exact) mass is 633 g/mol. The number of benzene rings is 6. The van der Waals surface area contributed by atoms with Gasteiger partial charge in [0.05, 0.1) is 44.6 Å². The van der Waals surface area contributed by atoms with Crippen LogP contribution in [0.3, 0.4) is 0 Å². The number of nitrogens with zero attached hydrogens (tertiary/aromatic N) is 3. The van der Waals surface area contributed by atoms with E-state index in [0.29, 0.717) is 16.9 Å². The first-order chi connectivity index (χ1) is 23.1. The number of fused-ring (bicyclic) bond motifs is 6. The van der Waals surface area contributed by atoms with Crippen LogP contribution in [0.4, 0.5) is 13.2 Å². The molecule has 2 aromatic heterocycles. The highest BCUT2D eigenvalue weighted by Gasteiger charge is 2.34. The van der Waals surface area contributed by atoms with Crippen molar-refractivity contribution >= 4 is 43.6 Å². The van der Waals surface area contributed by atoms with Crippen molar-refractivity contribution in [3.05, 3.63) is 143 Å². The van der Waals surface area contributed by atoms with Gasteiger partial charge in [0.15, 0.2) is 0 Å². The number of hydrogen-bond acceptors (Lipinski definition) is 1. The van der Waals surface area contributed by atoms with Crippen LogP contribution in [-0.4, -0.2) is 9.13 Å². The molecule has 0 saturated heterocycles. The molecule has 234 valence electrons. The number of aryl methyl sites for hydroxylation is 4. The number of para-hydroxylation sites is 4. The normalized spacial score (nSPS) is 12.0. The van der Waals surface area contributed by atoms with Crippen LogP contribution in [0.2, 0.25) is 0 Å². The van der Waals surface area contributed by atoms with Crippen LogP contribution >= 0.6 is 0 Å². The van der Waals surface area contributed by atoms with Crippen molar-refractivity contribution in [3.8, 4) is 28.6 Å². The average Bonchev–Trinajstić information content (AvgIpc) is 3.60. The van der Waals surface area contributed by atoms with Crippen LogP contribution in [0.5, 0.6) is 0 Å². The fraction of sp³-hybridized carbons (Fsp3) is 0.119. The van der Waals surface area contributed by atoms with Crippen LogP contribution in [0.15, 0.2) is 109 Å². The molecular weight excluding hydrogens is 603 g/mol. The van der Waals surface area contributed by atoms with E-state index in [0.717, 1.165) is 71.9 Å². The van der Waals surface area contributed by atoms with Gasteiger partial charge in [-0.25, -0.2) is 0 Å². The summed E-state index contributed by atoms with van der Waals surface area (Å²) in [6.07, 6.45) is -4.58. The zero-order valence-electron chi connectivity index (χ0n) is 26.9. The third-order valence-corrected chi connectivity index (χ3v) is 9.64. The van der Waals surface area contributed by atoms with E-state index < -0.39 is 11.7 Å². The molecule has 8 rings (SSSR count). The second-order valence-electron chi connectivity index (χ2n) is 12.6. The Labute approximate surface area is 275 Å². The van der Waals surface area contributed by atoms with Crippen LogP contribution in [0.1, 0.15) is 33.4 Å². The minimum absolute atomic E-state index is 0.0260. The molecule has 3 nitrogen and oxygen atoms in total. The first kappa shape index (κ1) is 29.6. The highest BCUT2D eigenvalue weighted by atomic mass is 19.4. The summed E-state index contributed by atoms with van der Waals surface area (Å²) in [6, 6.07) is 36.2. The van der Waals surface area contributed by atoms with Gasteiger partial charge in [-0.2, -0.15) is 18.4 Å². The van der Waals surface area contributed by atoms with Crippen LogP contribution < -0.4 is 0 Å². The van der Waals surface area contributed by atoms with Gasteiger partial charge in [0.25, 0.3) is 0 Å². The first-order valence-electron chi connectivity index (χ1n) is 15.8. The molecule has 0 fully saturated rings. The Balaban J connectivity index is 1.66. The van der Waals surface area contributed by atoms with Gasteiger partial charge in [-0.05, 0) is 79.3 Å². The molecule has 0 spiro atoms. The van der Waals surface area contributed by atoms with Crippen molar-refractivity contribution in [2.45, 2.75) is 33.9 Å².